The molecule has 0 aliphatic carbocycles. The molecule has 3 N–H and O–H groups in total. The van der Waals surface area contributed by atoms with Crippen LogP contribution in [0.15, 0.2) is 42.5 Å². The van der Waals surface area contributed by atoms with Crippen molar-refractivity contribution in [1.29, 1.82) is 0 Å². The molecule has 3 aromatic rings. The molecule has 0 radical (unpaired) electrons. The molecule has 10 heteroatoms. The van der Waals surface area contributed by atoms with Gasteiger partial charge in [-0.3, -0.25) is 14.9 Å². The number of carbonyl (C=O) groups is 2. The number of nitrogens with zero attached hydrogens (tertiary/aromatic N) is 3. The Bertz CT molecular complexity index is 1250. The maximum Gasteiger partial charge on any atom is 0.334 e. The molecule has 192 valence electrons. The lowest BCUT2D eigenvalue weighted by Gasteiger charge is -2.30. The quantitative estimate of drug-likeness (QED) is 0.458. The number of nitrogens with one attached hydrogen (secondary N) is 2. The van der Waals surface area contributed by atoms with Crippen molar-refractivity contribution < 1.29 is 24.2 Å². The molecule has 2 aromatic carbocycles. The lowest BCUT2D eigenvalue weighted by molar-refractivity contribution is -0.156. The van der Waals surface area contributed by atoms with Crippen molar-refractivity contribution in [3.8, 4) is 5.75 Å². The van der Waals surface area contributed by atoms with Crippen LogP contribution < -0.4 is 15.4 Å². The first-order valence-electron chi connectivity index (χ1n) is 12.0. The smallest absolute Gasteiger partial charge is 0.334 e. The Morgan fingerprint density at radius 1 is 1.17 bits per heavy atom. The maximum absolute atomic E-state index is 12.8. The number of hydrogen-bond donors (Lipinski definition) is 3. The van der Waals surface area contributed by atoms with Gasteiger partial charge in [-0.05, 0) is 12.1 Å². The van der Waals surface area contributed by atoms with E-state index in [9.17, 15) is 14.7 Å². The molecule has 10 nitrogen and oxygen atoms in total. The number of hydrogen-bond acceptors (Lipinski definition) is 6. The number of rotatable bonds is 7. The Morgan fingerprint density at radius 2 is 1.92 bits per heavy atom. The maximum atomic E-state index is 12.8. The summed E-state index contributed by atoms with van der Waals surface area (Å²) >= 11 is 0. The molecule has 0 bridgehead atoms. The summed E-state index contributed by atoms with van der Waals surface area (Å²) < 4.78 is 13.0. The molecule has 1 aliphatic rings. The van der Waals surface area contributed by atoms with E-state index in [-0.39, 0.29) is 11.4 Å². The number of carboxylic acid groups (broad SMARTS) is 1. The molecule has 4 rings (SSSR count). The van der Waals surface area contributed by atoms with Gasteiger partial charge in [-0.2, -0.15) is 5.10 Å². The number of aryl methyl sites for hydroxylation is 1. The van der Waals surface area contributed by atoms with Gasteiger partial charge in [-0.25, -0.2) is 9.59 Å². The van der Waals surface area contributed by atoms with E-state index in [4.69, 9.17) is 9.47 Å². The predicted octanol–water partition coefficient (Wildman–Crippen LogP) is 3.68. The number of fused-ring (bicyclic) bond motifs is 1. The molecule has 1 aliphatic heterocycles. The van der Waals surface area contributed by atoms with Crippen LogP contribution in [0.25, 0.3) is 10.8 Å². The highest BCUT2D eigenvalue weighted by Crippen LogP contribution is 2.32. The van der Waals surface area contributed by atoms with Crippen molar-refractivity contribution in [3.05, 3.63) is 48.2 Å². The van der Waals surface area contributed by atoms with Crippen LogP contribution in [0.2, 0.25) is 0 Å². The summed E-state index contributed by atoms with van der Waals surface area (Å²) in [5.41, 5.74) is 1.42. The highest BCUT2D eigenvalue weighted by molar-refractivity contribution is 6.07. The normalized spacial score (nSPS) is 16.6. The number of carboxylic acids is 1. The first-order chi connectivity index (χ1) is 17.1. The number of aromatic nitrogens is 2. The molecular weight excluding hydrogens is 462 g/mol. The van der Waals surface area contributed by atoms with Crippen LogP contribution >= 0.6 is 0 Å². The van der Waals surface area contributed by atoms with Crippen LogP contribution in [-0.2, 0) is 22.0 Å². The monoisotopic (exact) mass is 495 g/mol. The van der Waals surface area contributed by atoms with E-state index >= 15 is 0 Å². The van der Waals surface area contributed by atoms with Gasteiger partial charge >= 0.3 is 12.0 Å². The zero-order valence-electron chi connectivity index (χ0n) is 21.1. The molecule has 0 spiro atoms. The van der Waals surface area contributed by atoms with Gasteiger partial charge in [0, 0.05) is 48.9 Å². The van der Waals surface area contributed by atoms with Crippen LogP contribution in [0, 0.1) is 0 Å². The zero-order chi connectivity index (χ0) is 25.9. The second-order valence-corrected chi connectivity index (χ2v) is 9.87. The van der Waals surface area contributed by atoms with Gasteiger partial charge in [0.2, 0.25) is 0 Å². The second-order valence-electron chi connectivity index (χ2n) is 9.87. The molecule has 1 aromatic heterocycles. The Balaban J connectivity index is 1.42. The van der Waals surface area contributed by atoms with Gasteiger partial charge in [0.15, 0.2) is 6.10 Å². The summed E-state index contributed by atoms with van der Waals surface area (Å²) in [6.45, 7) is 8.60. The first-order valence-corrected chi connectivity index (χ1v) is 12.0. The van der Waals surface area contributed by atoms with Crippen molar-refractivity contribution in [2.75, 3.05) is 43.5 Å². The highest BCUT2D eigenvalue weighted by Gasteiger charge is 2.26. The molecule has 2 amide bonds. The standard InChI is InChI=1S/C26H33N5O5/c1-26(2,3)22-15-23(30(4)29-22)28-25(34)27-19-9-10-20(18-8-6-5-7-17(18)19)35-13-11-31-12-14-36-21(16-31)24(32)33/h5-10,15,21H,11-14,16H2,1-4H3,(H,32,33)(H2,27,28,34). The van der Waals surface area contributed by atoms with Crippen LogP contribution in [-0.4, -0.2) is 70.7 Å². The Morgan fingerprint density at radius 3 is 2.61 bits per heavy atom. The van der Waals surface area contributed by atoms with E-state index < -0.39 is 12.1 Å². The van der Waals surface area contributed by atoms with Gasteiger partial charge < -0.3 is 19.9 Å². The van der Waals surface area contributed by atoms with E-state index in [2.05, 4.69) is 36.5 Å². The summed E-state index contributed by atoms with van der Waals surface area (Å²) in [5, 5.41) is 21.2. The molecular formula is C26H33N5O5. The third kappa shape index (κ3) is 5.95. The SMILES string of the molecule is Cn1nc(C(C)(C)C)cc1NC(=O)Nc1ccc(OCCN2CCOC(C(=O)O)C2)c2ccccc12. The van der Waals surface area contributed by atoms with Gasteiger partial charge in [0.1, 0.15) is 18.2 Å². The average molecular weight is 496 g/mol. The summed E-state index contributed by atoms with van der Waals surface area (Å²) in [6.07, 6.45) is -0.803. The summed E-state index contributed by atoms with van der Waals surface area (Å²) in [4.78, 5) is 26.0. The van der Waals surface area contributed by atoms with E-state index in [1.54, 1.807) is 11.7 Å². The fourth-order valence-electron chi connectivity index (χ4n) is 4.07. The topological polar surface area (TPSA) is 118 Å². The van der Waals surface area contributed by atoms with Crippen molar-refractivity contribution in [1.82, 2.24) is 14.7 Å². The lowest BCUT2D eigenvalue weighted by atomic mass is 9.92. The van der Waals surface area contributed by atoms with Gasteiger partial charge in [-0.15, -0.1) is 0 Å². The van der Waals surface area contributed by atoms with Gasteiger partial charge in [0.25, 0.3) is 0 Å². The zero-order valence-corrected chi connectivity index (χ0v) is 21.1. The van der Waals surface area contributed by atoms with Crippen LogP contribution in [0.3, 0.4) is 0 Å². The predicted molar refractivity (Wildman–Crippen MR) is 138 cm³/mol. The summed E-state index contributed by atoms with van der Waals surface area (Å²) in [7, 11) is 1.80. The highest BCUT2D eigenvalue weighted by atomic mass is 16.5. The molecule has 2 heterocycles. The Kier molecular flexibility index (Phi) is 7.46. The first kappa shape index (κ1) is 25.5. The fourth-order valence-corrected chi connectivity index (χ4v) is 4.07. The summed E-state index contributed by atoms with van der Waals surface area (Å²) in [6, 6.07) is 12.9. The molecule has 1 unspecified atom stereocenters. The lowest BCUT2D eigenvalue weighted by Crippen LogP contribution is -2.47. The number of urea groups is 1. The largest absolute Gasteiger partial charge is 0.492 e. The number of morpholine rings is 1. The second kappa shape index (κ2) is 10.5. The number of carbonyl (C=O) groups excluding carboxylic acids is 1. The Labute approximate surface area is 210 Å². The number of amides is 2. The third-order valence-corrected chi connectivity index (χ3v) is 6.11. The van der Waals surface area contributed by atoms with E-state index in [0.717, 1.165) is 16.5 Å². The van der Waals surface area contributed by atoms with Crippen LogP contribution in [0.5, 0.6) is 5.75 Å². The van der Waals surface area contributed by atoms with Gasteiger partial charge in [-0.1, -0.05) is 45.0 Å². The van der Waals surface area contributed by atoms with Gasteiger partial charge in [0.05, 0.1) is 18.0 Å². The molecule has 36 heavy (non-hydrogen) atoms. The van der Waals surface area contributed by atoms with Crippen LogP contribution in [0.4, 0.5) is 16.3 Å². The average Bonchev–Trinajstić information content (AvgIpc) is 3.21. The molecule has 1 saturated heterocycles. The van der Waals surface area contributed by atoms with Crippen molar-refractivity contribution >= 4 is 34.3 Å². The molecule has 1 atom stereocenters. The number of anilines is 2. The van der Waals surface area contributed by atoms with E-state index in [1.807, 2.05) is 47.4 Å². The van der Waals surface area contributed by atoms with Crippen molar-refractivity contribution in [2.45, 2.75) is 32.3 Å². The van der Waals surface area contributed by atoms with Crippen molar-refractivity contribution in [2.24, 2.45) is 7.05 Å². The van der Waals surface area contributed by atoms with E-state index in [0.29, 0.717) is 50.1 Å². The number of benzene rings is 2. The minimum Gasteiger partial charge on any atom is -0.492 e. The fraction of sp³-hybridized carbons (Fsp3) is 0.423. The van der Waals surface area contributed by atoms with E-state index in [1.165, 1.54) is 0 Å². The minimum atomic E-state index is -0.947. The number of ether oxygens (including phenoxy) is 2. The number of aliphatic carboxylic acids is 1. The van der Waals surface area contributed by atoms with Crippen molar-refractivity contribution in [3.63, 3.8) is 0 Å². The molecule has 1 fully saturated rings. The molecule has 0 saturated carbocycles. The third-order valence-electron chi connectivity index (χ3n) is 6.11. The summed E-state index contributed by atoms with van der Waals surface area (Å²) in [5.74, 6) is 0.354. The minimum absolute atomic E-state index is 0.125. The van der Waals surface area contributed by atoms with Crippen LogP contribution in [0.1, 0.15) is 26.5 Å². The Hall–Kier alpha value is -3.63.